The molecule has 0 amide bonds. The van der Waals surface area contributed by atoms with Crippen LogP contribution in [-0.2, 0) is 32.7 Å². The van der Waals surface area contributed by atoms with Crippen molar-refractivity contribution in [1.29, 1.82) is 0 Å². The number of unbranched alkanes of at least 4 members (excludes halogenated alkanes) is 20. The van der Waals surface area contributed by atoms with Gasteiger partial charge in [-0.15, -0.1) is 0 Å². The van der Waals surface area contributed by atoms with Gasteiger partial charge in [-0.25, -0.2) is 4.57 Å². The van der Waals surface area contributed by atoms with Crippen LogP contribution in [0.15, 0.2) is 24.3 Å². The van der Waals surface area contributed by atoms with E-state index >= 15 is 0 Å². The molecule has 0 aromatic carbocycles. The molecule has 8 atom stereocenters. The molecule has 1 saturated carbocycles. The summed E-state index contributed by atoms with van der Waals surface area (Å²) in [5.74, 6) is -1.11. The zero-order chi connectivity index (χ0) is 42.2. The van der Waals surface area contributed by atoms with Crippen LogP contribution in [0.2, 0.25) is 0 Å². The van der Waals surface area contributed by atoms with Crippen LogP contribution in [0, 0.1) is 0 Å². The van der Waals surface area contributed by atoms with Gasteiger partial charge in [-0.1, -0.05) is 154 Å². The van der Waals surface area contributed by atoms with E-state index in [1.165, 1.54) is 70.6 Å². The minimum atomic E-state index is -5.11. The predicted octanol–water partition coefficient (Wildman–Crippen LogP) is 8.06. The van der Waals surface area contributed by atoms with Crippen molar-refractivity contribution in [2.75, 3.05) is 13.2 Å². The minimum absolute atomic E-state index is 0.0974. The molecule has 14 heteroatoms. The lowest BCUT2D eigenvalue weighted by atomic mass is 9.85. The van der Waals surface area contributed by atoms with E-state index in [0.29, 0.717) is 12.8 Å². The molecule has 1 rings (SSSR count). The number of carbonyl (C=O) groups excluding carboxylic acids is 2. The van der Waals surface area contributed by atoms with E-state index in [1.54, 1.807) is 0 Å². The van der Waals surface area contributed by atoms with E-state index in [1.807, 2.05) is 0 Å². The summed E-state index contributed by atoms with van der Waals surface area (Å²) >= 11 is 0. The summed E-state index contributed by atoms with van der Waals surface area (Å²) in [6, 6.07) is 0. The Morgan fingerprint density at radius 1 is 0.544 bits per heavy atom. The topological polar surface area (TPSA) is 210 Å². The van der Waals surface area contributed by atoms with Crippen LogP contribution in [0.5, 0.6) is 0 Å². The fraction of sp³-hybridized carbons (Fsp3) is 0.860. The molecule has 0 aromatic rings. The molecule has 13 nitrogen and oxygen atoms in total. The van der Waals surface area contributed by atoms with Gasteiger partial charge in [-0.05, 0) is 38.5 Å². The molecule has 0 heterocycles. The Morgan fingerprint density at radius 2 is 0.965 bits per heavy atom. The smallest absolute Gasteiger partial charge is 0.462 e. The first-order valence-electron chi connectivity index (χ1n) is 22.1. The van der Waals surface area contributed by atoms with Gasteiger partial charge in [0.25, 0.3) is 0 Å². The van der Waals surface area contributed by atoms with Gasteiger partial charge in [0.1, 0.15) is 43.2 Å². The third kappa shape index (κ3) is 26.9. The first-order valence-corrected chi connectivity index (χ1v) is 23.6. The molecule has 0 spiro atoms. The Balaban J connectivity index is 2.49. The summed E-state index contributed by atoms with van der Waals surface area (Å²) < 4.78 is 33.5. The highest BCUT2D eigenvalue weighted by molar-refractivity contribution is 7.47. The van der Waals surface area contributed by atoms with Gasteiger partial charge in [0.15, 0.2) is 6.10 Å². The van der Waals surface area contributed by atoms with Crippen LogP contribution < -0.4 is 0 Å². The third-order valence-electron chi connectivity index (χ3n) is 10.3. The van der Waals surface area contributed by atoms with Crippen molar-refractivity contribution in [3.05, 3.63) is 24.3 Å². The second kappa shape index (κ2) is 34.1. The molecule has 0 bridgehead atoms. The number of phosphoric acid groups is 1. The highest BCUT2D eigenvalue weighted by atomic mass is 31.2. The zero-order valence-corrected chi connectivity index (χ0v) is 36.0. The molecule has 0 radical (unpaired) electrons. The second-order valence-electron chi connectivity index (χ2n) is 15.6. The molecule has 1 aliphatic carbocycles. The van der Waals surface area contributed by atoms with Crippen LogP contribution in [0.4, 0.5) is 0 Å². The van der Waals surface area contributed by atoms with Gasteiger partial charge in [-0.3, -0.25) is 18.6 Å². The van der Waals surface area contributed by atoms with Gasteiger partial charge in [-0.2, -0.15) is 0 Å². The monoisotopic (exact) mass is 835 g/mol. The highest BCUT2D eigenvalue weighted by Gasteiger charge is 2.51. The molecule has 0 aromatic heterocycles. The zero-order valence-electron chi connectivity index (χ0n) is 35.1. The first-order chi connectivity index (χ1) is 27.4. The fourth-order valence-corrected chi connectivity index (χ4v) is 7.63. The van der Waals surface area contributed by atoms with Crippen molar-refractivity contribution in [2.24, 2.45) is 0 Å². The van der Waals surface area contributed by atoms with Gasteiger partial charge in [0, 0.05) is 12.8 Å². The molecule has 0 saturated heterocycles. The van der Waals surface area contributed by atoms with Crippen molar-refractivity contribution in [1.82, 2.24) is 0 Å². The van der Waals surface area contributed by atoms with Crippen molar-refractivity contribution >= 4 is 19.8 Å². The van der Waals surface area contributed by atoms with Crippen molar-refractivity contribution in [2.45, 2.75) is 224 Å². The normalized spacial score (nSPS) is 22.9. The average molecular weight is 835 g/mol. The van der Waals surface area contributed by atoms with Crippen LogP contribution in [0.3, 0.4) is 0 Å². The van der Waals surface area contributed by atoms with E-state index in [0.717, 1.165) is 70.6 Å². The summed E-state index contributed by atoms with van der Waals surface area (Å²) in [6.07, 6.45) is 22.3. The molecular weight excluding hydrogens is 755 g/mol. The number of allylic oxidation sites excluding steroid dienone is 4. The number of phosphoric ester groups is 1. The lowest BCUT2D eigenvalue weighted by Gasteiger charge is -2.41. The van der Waals surface area contributed by atoms with Crippen LogP contribution in [0.25, 0.3) is 0 Å². The van der Waals surface area contributed by atoms with E-state index in [9.17, 15) is 44.6 Å². The maximum absolute atomic E-state index is 12.8. The van der Waals surface area contributed by atoms with Gasteiger partial charge < -0.3 is 39.9 Å². The summed E-state index contributed by atoms with van der Waals surface area (Å²) in [5.41, 5.74) is 0. The van der Waals surface area contributed by atoms with Crippen LogP contribution in [-0.4, -0.2) is 98.3 Å². The maximum Gasteiger partial charge on any atom is 0.472 e. The van der Waals surface area contributed by atoms with Gasteiger partial charge >= 0.3 is 19.8 Å². The average Bonchev–Trinajstić information content (AvgIpc) is 3.19. The highest BCUT2D eigenvalue weighted by Crippen LogP contribution is 2.47. The van der Waals surface area contributed by atoms with E-state index in [4.69, 9.17) is 18.5 Å². The van der Waals surface area contributed by atoms with E-state index in [-0.39, 0.29) is 12.8 Å². The first kappa shape index (κ1) is 53.3. The Bertz CT molecular complexity index is 1100. The fourth-order valence-electron chi connectivity index (χ4n) is 6.66. The summed E-state index contributed by atoms with van der Waals surface area (Å²) in [4.78, 5) is 35.6. The maximum atomic E-state index is 12.8. The number of rotatable bonds is 36. The van der Waals surface area contributed by atoms with Crippen molar-refractivity contribution in [3.63, 3.8) is 0 Å². The molecule has 57 heavy (non-hydrogen) atoms. The van der Waals surface area contributed by atoms with Crippen molar-refractivity contribution in [3.8, 4) is 0 Å². The molecule has 0 aliphatic heterocycles. The second-order valence-corrected chi connectivity index (χ2v) is 17.0. The van der Waals surface area contributed by atoms with E-state index in [2.05, 4.69) is 38.2 Å². The number of hydrogen-bond acceptors (Lipinski definition) is 12. The largest absolute Gasteiger partial charge is 0.472 e. The molecular formula is C43H79O13P. The molecule has 6 N–H and O–H groups in total. The number of ether oxygens (including phenoxy) is 2. The van der Waals surface area contributed by atoms with Crippen LogP contribution >= 0.6 is 7.82 Å². The number of esters is 2. The van der Waals surface area contributed by atoms with Crippen molar-refractivity contribution < 1.29 is 63.1 Å². The number of hydrogen-bond donors (Lipinski definition) is 6. The quantitative estimate of drug-likeness (QED) is 0.0153. The number of aliphatic hydroxyl groups is 5. The molecule has 334 valence electrons. The lowest BCUT2D eigenvalue weighted by molar-refractivity contribution is -0.220. The molecule has 6 unspecified atom stereocenters. The minimum Gasteiger partial charge on any atom is -0.462 e. The third-order valence-corrected chi connectivity index (χ3v) is 11.3. The van der Waals surface area contributed by atoms with E-state index < -0.39 is 75.7 Å². The lowest BCUT2D eigenvalue weighted by Crippen LogP contribution is -2.64. The number of aliphatic hydroxyl groups excluding tert-OH is 5. The van der Waals surface area contributed by atoms with Gasteiger partial charge in [0.2, 0.25) is 0 Å². The predicted molar refractivity (Wildman–Crippen MR) is 221 cm³/mol. The standard InChI is InChI=1S/C43H79O13P/c1-3-5-7-9-11-13-15-17-19-21-23-25-27-29-31-36(44)53-33-35(34-54-57(51,52)56-43-41(49)39(47)38(46)40(48)42(43)50)55-37(45)32-30-28-26-24-22-20-18-16-14-12-10-8-6-4-2/h9,11,15,17,35,38-43,46-50H,3-8,10,12-14,16,18-34H2,1-2H3,(H,51,52)/b11-9-,17-15-/t35-,38?,39-,40?,41?,42?,43?/m1/s1. The molecule has 1 aliphatic rings. The Morgan fingerprint density at radius 3 is 1.47 bits per heavy atom. The summed E-state index contributed by atoms with van der Waals surface area (Å²) in [6.45, 7) is 3.24. The Kier molecular flexibility index (Phi) is 31.9. The van der Waals surface area contributed by atoms with Gasteiger partial charge in [0.05, 0.1) is 6.61 Å². The summed E-state index contributed by atoms with van der Waals surface area (Å²) in [5, 5.41) is 50.1. The Labute approximate surface area is 343 Å². The Hall–Kier alpha value is -1.67. The number of carbonyl (C=O) groups is 2. The van der Waals surface area contributed by atoms with Crippen LogP contribution in [0.1, 0.15) is 181 Å². The SMILES string of the molecule is CCCC/C=C\C/C=C\CCCCCCCC(=O)OC[C@H](COP(=O)(O)OC1C(O)C(O)C(O)[C@@H](O)C1O)OC(=O)CCCCCCCCCCCCCCCC. The summed E-state index contributed by atoms with van der Waals surface area (Å²) in [7, 11) is -5.11. The molecule has 1 fully saturated rings.